The maximum atomic E-state index is 12.3. The lowest BCUT2D eigenvalue weighted by Crippen LogP contribution is -2.45. The smallest absolute Gasteiger partial charge is 0.410 e. The Labute approximate surface area is 167 Å². The maximum absolute atomic E-state index is 12.3. The average Bonchev–Trinajstić information content (AvgIpc) is 2.61. The van der Waals surface area contributed by atoms with Gasteiger partial charge in [-0.15, -0.1) is 0 Å². The molecule has 1 aromatic rings. The Balaban J connectivity index is 1.88. The predicted molar refractivity (Wildman–Crippen MR) is 108 cm³/mol. The number of methoxy groups -OCH3 is 1. The van der Waals surface area contributed by atoms with Gasteiger partial charge >= 0.3 is 6.09 Å². The van der Waals surface area contributed by atoms with Crippen LogP contribution in [0.5, 0.6) is 5.75 Å². The van der Waals surface area contributed by atoms with E-state index in [1.165, 1.54) is 6.07 Å². The van der Waals surface area contributed by atoms with Crippen molar-refractivity contribution < 1.29 is 19.2 Å². The van der Waals surface area contributed by atoms with Gasteiger partial charge in [-0.25, -0.2) is 4.79 Å². The molecule has 0 radical (unpaired) electrons. The molecule has 1 amide bonds. The number of nitro benzene ring substituents is 1. The molecule has 0 bridgehead atoms. The molecule has 7 nitrogen and oxygen atoms in total. The van der Waals surface area contributed by atoms with Crippen LogP contribution in [0, 0.1) is 22.0 Å². The van der Waals surface area contributed by atoms with Gasteiger partial charge in [0, 0.05) is 24.7 Å². The number of carbonyl (C=O) groups is 1. The Hall–Kier alpha value is -2.31. The van der Waals surface area contributed by atoms with Crippen LogP contribution in [0.4, 0.5) is 10.5 Å². The summed E-state index contributed by atoms with van der Waals surface area (Å²) in [7, 11) is 1.56. The van der Waals surface area contributed by atoms with Crippen molar-refractivity contribution in [1.29, 1.82) is 0 Å². The summed E-state index contributed by atoms with van der Waals surface area (Å²) in [4.78, 5) is 25.0. The number of hydrogen-bond acceptors (Lipinski definition) is 5. The van der Waals surface area contributed by atoms with Crippen molar-refractivity contribution in [3.8, 4) is 5.75 Å². The molecule has 1 aromatic carbocycles. The normalized spacial score (nSPS) is 20.0. The topological polar surface area (TPSA) is 81.9 Å². The molecule has 1 aliphatic heterocycles. The standard InChI is InChI=1S/C21H32N2O5/c1-15-14-22(20(24)28-21(2,3)4)12-11-16(15)7-6-8-17-13-18(27-5)9-10-19(17)23(25)26/h9-10,13,15-16H,6-8,11-12,14H2,1-5H3. The molecule has 1 saturated heterocycles. The number of amides is 1. The van der Waals surface area contributed by atoms with Crippen LogP contribution in [0.15, 0.2) is 18.2 Å². The Morgan fingerprint density at radius 3 is 2.64 bits per heavy atom. The molecule has 156 valence electrons. The monoisotopic (exact) mass is 392 g/mol. The molecule has 1 aliphatic rings. The fourth-order valence-corrected chi connectivity index (χ4v) is 3.74. The summed E-state index contributed by atoms with van der Waals surface area (Å²) in [6.07, 6.45) is 3.19. The van der Waals surface area contributed by atoms with Gasteiger partial charge in [-0.3, -0.25) is 10.1 Å². The summed E-state index contributed by atoms with van der Waals surface area (Å²) < 4.78 is 10.7. The number of carbonyl (C=O) groups excluding carboxylic acids is 1. The molecule has 2 rings (SSSR count). The first-order chi connectivity index (χ1) is 13.1. The first-order valence-electron chi connectivity index (χ1n) is 9.90. The number of benzene rings is 1. The van der Waals surface area contributed by atoms with Crippen molar-refractivity contribution >= 4 is 11.8 Å². The van der Waals surface area contributed by atoms with Crippen molar-refractivity contribution in [2.24, 2.45) is 11.8 Å². The second kappa shape index (κ2) is 9.26. The van der Waals surface area contributed by atoms with Crippen LogP contribution >= 0.6 is 0 Å². The van der Waals surface area contributed by atoms with Gasteiger partial charge in [0.1, 0.15) is 11.4 Å². The first kappa shape index (κ1) is 22.0. The molecule has 0 N–H and O–H groups in total. The number of nitro groups is 1. The quantitative estimate of drug-likeness (QED) is 0.512. The number of nitrogens with zero attached hydrogens (tertiary/aromatic N) is 2. The highest BCUT2D eigenvalue weighted by Gasteiger charge is 2.31. The zero-order valence-electron chi connectivity index (χ0n) is 17.6. The molecule has 7 heteroatoms. The fourth-order valence-electron chi connectivity index (χ4n) is 3.74. The van der Waals surface area contributed by atoms with Crippen LogP contribution < -0.4 is 4.74 Å². The number of likely N-dealkylation sites (tertiary alicyclic amines) is 1. The molecule has 0 spiro atoms. The molecular formula is C21H32N2O5. The minimum atomic E-state index is -0.484. The molecule has 0 aliphatic carbocycles. The van der Waals surface area contributed by atoms with Gasteiger partial charge < -0.3 is 14.4 Å². The van der Waals surface area contributed by atoms with Crippen LogP contribution in [-0.2, 0) is 11.2 Å². The van der Waals surface area contributed by atoms with Gasteiger partial charge in [0.2, 0.25) is 0 Å². The van der Waals surface area contributed by atoms with Crippen molar-refractivity contribution in [2.45, 2.75) is 59.0 Å². The van der Waals surface area contributed by atoms with Crippen LogP contribution in [0.3, 0.4) is 0 Å². The van der Waals surface area contributed by atoms with Gasteiger partial charge in [-0.05, 0) is 70.4 Å². The van der Waals surface area contributed by atoms with E-state index >= 15 is 0 Å². The van der Waals surface area contributed by atoms with Crippen molar-refractivity contribution in [2.75, 3.05) is 20.2 Å². The van der Waals surface area contributed by atoms with E-state index in [-0.39, 0.29) is 16.7 Å². The highest BCUT2D eigenvalue weighted by Crippen LogP contribution is 2.31. The summed E-state index contributed by atoms with van der Waals surface area (Å²) >= 11 is 0. The average molecular weight is 392 g/mol. The number of hydrogen-bond donors (Lipinski definition) is 0. The summed E-state index contributed by atoms with van der Waals surface area (Å²) in [5.74, 6) is 1.52. The highest BCUT2D eigenvalue weighted by atomic mass is 16.6. The number of rotatable bonds is 6. The molecule has 0 saturated carbocycles. The van der Waals surface area contributed by atoms with Crippen molar-refractivity contribution in [1.82, 2.24) is 4.90 Å². The van der Waals surface area contributed by atoms with E-state index in [1.54, 1.807) is 24.1 Å². The van der Waals surface area contributed by atoms with E-state index in [0.29, 0.717) is 42.7 Å². The van der Waals surface area contributed by atoms with Gasteiger partial charge in [-0.2, -0.15) is 0 Å². The molecule has 1 fully saturated rings. The third-order valence-electron chi connectivity index (χ3n) is 5.24. The highest BCUT2D eigenvalue weighted by molar-refractivity contribution is 5.68. The van der Waals surface area contributed by atoms with Crippen molar-refractivity contribution in [3.05, 3.63) is 33.9 Å². The third kappa shape index (κ3) is 6.11. The third-order valence-corrected chi connectivity index (χ3v) is 5.24. The number of piperidine rings is 1. The SMILES string of the molecule is COc1ccc([N+](=O)[O-])c(CCCC2CCN(C(=O)OC(C)(C)C)CC2C)c1. The largest absolute Gasteiger partial charge is 0.497 e. The Kier molecular flexibility index (Phi) is 7.27. The van der Waals surface area contributed by atoms with Gasteiger partial charge in [0.15, 0.2) is 0 Å². The summed E-state index contributed by atoms with van der Waals surface area (Å²) in [5, 5.41) is 11.3. The molecule has 0 aromatic heterocycles. The van der Waals surface area contributed by atoms with E-state index in [4.69, 9.17) is 9.47 Å². The van der Waals surface area contributed by atoms with Gasteiger partial charge in [-0.1, -0.05) is 6.92 Å². The second-order valence-electron chi connectivity index (χ2n) is 8.60. The van der Waals surface area contributed by atoms with E-state index in [1.807, 2.05) is 20.8 Å². The molecule has 2 atom stereocenters. The summed E-state index contributed by atoms with van der Waals surface area (Å²) in [6, 6.07) is 4.89. The minimum absolute atomic E-state index is 0.147. The predicted octanol–water partition coefficient (Wildman–Crippen LogP) is 4.82. The van der Waals surface area contributed by atoms with E-state index in [9.17, 15) is 14.9 Å². The van der Waals surface area contributed by atoms with E-state index in [2.05, 4.69) is 6.92 Å². The zero-order valence-corrected chi connectivity index (χ0v) is 17.6. The fraction of sp³-hybridized carbons (Fsp3) is 0.667. The molecule has 1 heterocycles. The Bertz CT molecular complexity index is 699. The van der Waals surface area contributed by atoms with Gasteiger partial charge in [0.05, 0.1) is 12.0 Å². The lowest BCUT2D eigenvalue weighted by Gasteiger charge is -2.37. The van der Waals surface area contributed by atoms with Crippen LogP contribution in [0.25, 0.3) is 0 Å². The second-order valence-corrected chi connectivity index (χ2v) is 8.60. The van der Waals surface area contributed by atoms with E-state index < -0.39 is 5.60 Å². The van der Waals surface area contributed by atoms with Crippen LogP contribution in [0.1, 0.15) is 52.5 Å². The zero-order chi connectivity index (χ0) is 20.9. The summed E-state index contributed by atoms with van der Waals surface area (Å²) in [6.45, 7) is 9.17. The molecular weight excluding hydrogens is 360 g/mol. The minimum Gasteiger partial charge on any atom is -0.497 e. The number of aryl methyl sites for hydroxylation is 1. The van der Waals surface area contributed by atoms with Crippen LogP contribution in [-0.4, -0.2) is 41.7 Å². The first-order valence-corrected chi connectivity index (χ1v) is 9.90. The Morgan fingerprint density at radius 2 is 2.07 bits per heavy atom. The summed E-state index contributed by atoms with van der Waals surface area (Å²) in [5.41, 5.74) is 0.375. The maximum Gasteiger partial charge on any atom is 0.410 e. The lowest BCUT2D eigenvalue weighted by atomic mass is 9.83. The van der Waals surface area contributed by atoms with Crippen molar-refractivity contribution in [3.63, 3.8) is 0 Å². The Morgan fingerprint density at radius 1 is 1.36 bits per heavy atom. The van der Waals surface area contributed by atoms with Crippen LogP contribution in [0.2, 0.25) is 0 Å². The molecule has 28 heavy (non-hydrogen) atoms. The number of ether oxygens (including phenoxy) is 2. The van der Waals surface area contributed by atoms with Gasteiger partial charge in [0.25, 0.3) is 5.69 Å². The van der Waals surface area contributed by atoms with E-state index in [0.717, 1.165) is 19.3 Å². The lowest BCUT2D eigenvalue weighted by molar-refractivity contribution is -0.385. The molecule has 2 unspecified atom stereocenters.